The summed E-state index contributed by atoms with van der Waals surface area (Å²) < 4.78 is 0. The van der Waals surface area contributed by atoms with E-state index in [1.807, 2.05) is 12.1 Å². The van der Waals surface area contributed by atoms with E-state index < -0.39 is 0 Å². The van der Waals surface area contributed by atoms with Gasteiger partial charge < -0.3 is 5.73 Å². The van der Waals surface area contributed by atoms with Crippen molar-refractivity contribution in [2.75, 3.05) is 0 Å². The number of rotatable bonds is 3. The highest BCUT2D eigenvalue weighted by Crippen LogP contribution is 2.30. The molecule has 18 heavy (non-hydrogen) atoms. The summed E-state index contributed by atoms with van der Waals surface area (Å²) in [6.07, 6.45) is 8.00. The van der Waals surface area contributed by atoms with Crippen molar-refractivity contribution in [1.29, 1.82) is 0 Å². The predicted octanol–water partition coefficient (Wildman–Crippen LogP) is 3.54. The van der Waals surface area contributed by atoms with Crippen molar-refractivity contribution in [3.8, 4) is 0 Å². The summed E-state index contributed by atoms with van der Waals surface area (Å²) in [6.45, 7) is 2.38. The van der Waals surface area contributed by atoms with Crippen LogP contribution in [0.1, 0.15) is 54.9 Å². The minimum absolute atomic E-state index is 0.343. The van der Waals surface area contributed by atoms with Crippen LogP contribution in [-0.4, -0.2) is 5.91 Å². The van der Waals surface area contributed by atoms with Gasteiger partial charge in [-0.2, -0.15) is 0 Å². The molecule has 2 nitrogen and oxygen atoms in total. The standard InChI is InChI=1S/C16H23NO/c1-12-5-3-2-4-6-15(12)11-13-7-9-14(10-8-13)16(17)18/h7-10,12,15H,2-6,11H2,1H3,(H2,17,18). The molecule has 0 heterocycles. The van der Waals surface area contributed by atoms with Crippen LogP contribution in [0.2, 0.25) is 0 Å². The predicted molar refractivity (Wildman–Crippen MR) is 74.4 cm³/mol. The zero-order chi connectivity index (χ0) is 13.0. The van der Waals surface area contributed by atoms with Crippen molar-refractivity contribution in [2.24, 2.45) is 17.6 Å². The quantitative estimate of drug-likeness (QED) is 0.813. The first kappa shape index (κ1) is 13.1. The van der Waals surface area contributed by atoms with Crippen LogP contribution in [0.15, 0.2) is 24.3 Å². The molecular formula is C16H23NO. The van der Waals surface area contributed by atoms with Crippen LogP contribution < -0.4 is 5.73 Å². The van der Waals surface area contributed by atoms with Gasteiger partial charge in [0.05, 0.1) is 0 Å². The summed E-state index contributed by atoms with van der Waals surface area (Å²) in [4.78, 5) is 11.0. The number of hydrogen-bond acceptors (Lipinski definition) is 1. The van der Waals surface area contributed by atoms with Gasteiger partial charge in [-0.15, -0.1) is 0 Å². The van der Waals surface area contributed by atoms with E-state index in [1.165, 1.54) is 37.7 Å². The van der Waals surface area contributed by atoms with E-state index >= 15 is 0 Å². The number of amides is 1. The van der Waals surface area contributed by atoms with E-state index in [0.717, 1.165) is 18.3 Å². The average Bonchev–Trinajstić information content (AvgIpc) is 2.56. The maximum atomic E-state index is 11.0. The number of carbonyl (C=O) groups is 1. The van der Waals surface area contributed by atoms with Crippen molar-refractivity contribution in [3.05, 3.63) is 35.4 Å². The van der Waals surface area contributed by atoms with Crippen LogP contribution in [0.5, 0.6) is 0 Å². The summed E-state index contributed by atoms with van der Waals surface area (Å²) >= 11 is 0. The van der Waals surface area contributed by atoms with Crippen molar-refractivity contribution in [1.82, 2.24) is 0 Å². The molecule has 1 aliphatic carbocycles. The smallest absolute Gasteiger partial charge is 0.248 e. The van der Waals surface area contributed by atoms with E-state index in [2.05, 4.69) is 19.1 Å². The normalized spacial score (nSPS) is 24.5. The first-order valence-corrected chi connectivity index (χ1v) is 7.05. The van der Waals surface area contributed by atoms with Gasteiger partial charge in [0.15, 0.2) is 0 Å². The van der Waals surface area contributed by atoms with E-state index in [0.29, 0.717) is 5.56 Å². The summed E-state index contributed by atoms with van der Waals surface area (Å²) in [5.41, 5.74) is 7.19. The minimum Gasteiger partial charge on any atom is -0.366 e. The van der Waals surface area contributed by atoms with Crippen molar-refractivity contribution < 1.29 is 4.79 Å². The SMILES string of the molecule is CC1CCCCCC1Cc1ccc(C(N)=O)cc1. The molecule has 2 N–H and O–H groups in total. The maximum absolute atomic E-state index is 11.0. The summed E-state index contributed by atoms with van der Waals surface area (Å²) in [5, 5.41) is 0. The molecule has 1 aliphatic rings. The fourth-order valence-corrected chi connectivity index (χ4v) is 2.98. The summed E-state index contributed by atoms with van der Waals surface area (Å²) in [5.74, 6) is 1.28. The van der Waals surface area contributed by atoms with Crippen LogP contribution in [0, 0.1) is 11.8 Å². The zero-order valence-electron chi connectivity index (χ0n) is 11.2. The minimum atomic E-state index is -0.343. The lowest BCUT2D eigenvalue weighted by Crippen LogP contribution is -2.14. The fraction of sp³-hybridized carbons (Fsp3) is 0.562. The second kappa shape index (κ2) is 6.03. The summed E-state index contributed by atoms with van der Waals surface area (Å²) in [6, 6.07) is 7.80. The molecular weight excluding hydrogens is 222 g/mol. The Kier molecular flexibility index (Phi) is 4.40. The molecule has 2 atom stereocenters. The molecule has 0 aliphatic heterocycles. The second-order valence-electron chi connectivity index (χ2n) is 5.64. The zero-order valence-corrected chi connectivity index (χ0v) is 11.2. The Bertz CT molecular complexity index is 396. The molecule has 1 amide bonds. The molecule has 0 spiro atoms. The molecule has 2 rings (SSSR count). The Morgan fingerprint density at radius 2 is 1.83 bits per heavy atom. The van der Waals surface area contributed by atoms with Gasteiger partial charge in [-0.3, -0.25) is 4.79 Å². The monoisotopic (exact) mass is 245 g/mol. The largest absolute Gasteiger partial charge is 0.366 e. The molecule has 0 saturated heterocycles. The second-order valence-corrected chi connectivity index (χ2v) is 5.64. The van der Waals surface area contributed by atoms with Gasteiger partial charge in [-0.05, 0) is 42.4 Å². The molecule has 98 valence electrons. The number of hydrogen-bond donors (Lipinski definition) is 1. The molecule has 0 aromatic heterocycles. The topological polar surface area (TPSA) is 43.1 Å². The Morgan fingerprint density at radius 3 is 2.50 bits per heavy atom. The van der Waals surface area contributed by atoms with E-state index in [4.69, 9.17) is 5.73 Å². The number of benzene rings is 1. The van der Waals surface area contributed by atoms with Gasteiger partial charge in [0.1, 0.15) is 0 Å². The number of primary amides is 1. The highest BCUT2D eigenvalue weighted by molar-refractivity contribution is 5.92. The molecule has 1 aromatic carbocycles. The Labute approximate surface area is 110 Å². The third-order valence-electron chi connectivity index (χ3n) is 4.28. The molecule has 0 radical (unpaired) electrons. The first-order valence-electron chi connectivity index (χ1n) is 7.05. The molecule has 2 unspecified atom stereocenters. The van der Waals surface area contributed by atoms with Gasteiger partial charge in [-0.1, -0.05) is 44.7 Å². The van der Waals surface area contributed by atoms with Crippen molar-refractivity contribution in [2.45, 2.75) is 45.4 Å². The van der Waals surface area contributed by atoms with Crippen molar-refractivity contribution >= 4 is 5.91 Å². The van der Waals surface area contributed by atoms with E-state index in [-0.39, 0.29) is 5.91 Å². The van der Waals surface area contributed by atoms with Crippen LogP contribution in [0.4, 0.5) is 0 Å². The molecule has 1 aromatic rings. The Morgan fingerprint density at radius 1 is 1.17 bits per heavy atom. The van der Waals surface area contributed by atoms with Crippen LogP contribution in [-0.2, 0) is 6.42 Å². The number of nitrogens with two attached hydrogens (primary N) is 1. The lowest BCUT2D eigenvalue weighted by atomic mass is 9.84. The number of carbonyl (C=O) groups excluding carboxylic acids is 1. The molecule has 2 heteroatoms. The van der Waals surface area contributed by atoms with Gasteiger partial charge in [0.2, 0.25) is 5.91 Å². The van der Waals surface area contributed by atoms with Gasteiger partial charge in [0, 0.05) is 5.56 Å². The maximum Gasteiger partial charge on any atom is 0.248 e. The molecule has 0 bridgehead atoms. The molecule has 1 saturated carbocycles. The van der Waals surface area contributed by atoms with Crippen molar-refractivity contribution in [3.63, 3.8) is 0 Å². The van der Waals surface area contributed by atoms with Crippen LogP contribution in [0.25, 0.3) is 0 Å². The third-order valence-corrected chi connectivity index (χ3v) is 4.28. The highest BCUT2D eigenvalue weighted by Gasteiger charge is 2.20. The van der Waals surface area contributed by atoms with Crippen LogP contribution in [0.3, 0.4) is 0 Å². The van der Waals surface area contributed by atoms with Crippen LogP contribution >= 0.6 is 0 Å². The van der Waals surface area contributed by atoms with E-state index in [9.17, 15) is 4.79 Å². The van der Waals surface area contributed by atoms with Gasteiger partial charge >= 0.3 is 0 Å². The average molecular weight is 245 g/mol. The summed E-state index contributed by atoms with van der Waals surface area (Å²) in [7, 11) is 0. The van der Waals surface area contributed by atoms with Gasteiger partial charge in [0.25, 0.3) is 0 Å². The first-order chi connectivity index (χ1) is 8.66. The lowest BCUT2D eigenvalue weighted by molar-refractivity contribution is 0.100. The fourth-order valence-electron chi connectivity index (χ4n) is 2.98. The lowest BCUT2D eigenvalue weighted by Gasteiger charge is -2.21. The third kappa shape index (κ3) is 3.34. The highest BCUT2D eigenvalue weighted by atomic mass is 16.1. The Hall–Kier alpha value is -1.31. The van der Waals surface area contributed by atoms with E-state index in [1.54, 1.807) is 0 Å². The molecule has 1 fully saturated rings. The van der Waals surface area contributed by atoms with Gasteiger partial charge in [-0.25, -0.2) is 0 Å². The Balaban J connectivity index is 2.01.